The van der Waals surface area contributed by atoms with Crippen molar-refractivity contribution in [2.24, 2.45) is 0 Å². The van der Waals surface area contributed by atoms with E-state index in [2.05, 4.69) is 10.3 Å². The molecule has 0 atom stereocenters. The van der Waals surface area contributed by atoms with Crippen molar-refractivity contribution < 1.29 is 9.53 Å². The Kier molecular flexibility index (Phi) is 5.01. The zero-order valence-electron chi connectivity index (χ0n) is 9.00. The largest absolute Gasteiger partial charge is 0.397 e. The minimum atomic E-state index is -0.277. The smallest absolute Gasteiger partial charge is 0.254 e. The van der Waals surface area contributed by atoms with E-state index in [0.29, 0.717) is 24.4 Å². The van der Waals surface area contributed by atoms with Gasteiger partial charge in [-0.25, -0.2) is 4.98 Å². The van der Waals surface area contributed by atoms with Crippen molar-refractivity contribution >= 4 is 23.2 Å². The van der Waals surface area contributed by atoms with Gasteiger partial charge in [0.2, 0.25) is 0 Å². The van der Waals surface area contributed by atoms with Crippen LogP contribution in [0.5, 0.6) is 0 Å². The summed E-state index contributed by atoms with van der Waals surface area (Å²) in [4.78, 5) is 15.4. The van der Waals surface area contributed by atoms with Gasteiger partial charge in [-0.15, -0.1) is 0 Å². The van der Waals surface area contributed by atoms with Crippen LogP contribution < -0.4 is 11.1 Å². The number of ether oxygens (including phenoxy) is 1. The van der Waals surface area contributed by atoms with Gasteiger partial charge in [-0.05, 0) is 12.5 Å². The minimum Gasteiger partial charge on any atom is -0.397 e. The molecular formula is C10H14ClN3O2. The molecule has 0 unspecified atom stereocenters. The topological polar surface area (TPSA) is 77.2 Å². The second kappa shape index (κ2) is 6.30. The molecule has 16 heavy (non-hydrogen) atoms. The molecule has 5 nitrogen and oxygen atoms in total. The van der Waals surface area contributed by atoms with Crippen molar-refractivity contribution in [3.63, 3.8) is 0 Å². The van der Waals surface area contributed by atoms with Gasteiger partial charge >= 0.3 is 0 Å². The molecule has 0 bridgehead atoms. The number of nitrogens with zero attached hydrogens (tertiary/aromatic N) is 1. The van der Waals surface area contributed by atoms with Gasteiger partial charge in [-0.1, -0.05) is 11.6 Å². The lowest BCUT2D eigenvalue weighted by Crippen LogP contribution is -2.25. The third kappa shape index (κ3) is 3.67. The Labute approximate surface area is 98.9 Å². The standard InChI is InChI=1S/C10H14ClN3O2/c1-16-4-2-3-13-10(15)8-5-7(12)6-14-9(8)11/h5-6H,2-4,12H2,1H3,(H,13,15). The average Bonchev–Trinajstić information content (AvgIpc) is 2.27. The van der Waals surface area contributed by atoms with Crippen LogP contribution in [-0.2, 0) is 4.74 Å². The molecular weight excluding hydrogens is 230 g/mol. The van der Waals surface area contributed by atoms with Crippen molar-refractivity contribution in [2.75, 3.05) is 26.0 Å². The first-order valence-corrected chi connectivity index (χ1v) is 5.21. The van der Waals surface area contributed by atoms with Crippen molar-refractivity contribution in [1.82, 2.24) is 10.3 Å². The van der Waals surface area contributed by atoms with Gasteiger partial charge in [-0.2, -0.15) is 0 Å². The van der Waals surface area contributed by atoms with Crippen molar-refractivity contribution in [3.05, 3.63) is 23.0 Å². The van der Waals surface area contributed by atoms with E-state index in [1.807, 2.05) is 0 Å². The number of nitrogens with one attached hydrogen (secondary N) is 1. The summed E-state index contributed by atoms with van der Waals surface area (Å²) in [5.41, 5.74) is 6.22. The monoisotopic (exact) mass is 243 g/mol. The lowest BCUT2D eigenvalue weighted by atomic mass is 10.2. The number of nitrogen functional groups attached to an aromatic ring is 1. The number of nitrogens with two attached hydrogens (primary N) is 1. The number of anilines is 1. The molecule has 1 amide bonds. The highest BCUT2D eigenvalue weighted by Gasteiger charge is 2.10. The van der Waals surface area contributed by atoms with Crippen LogP contribution in [0.4, 0.5) is 5.69 Å². The molecule has 1 aromatic heterocycles. The minimum absolute atomic E-state index is 0.151. The first kappa shape index (κ1) is 12.7. The molecule has 88 valence electrons. The summed E-state index contributed by atoms with van der Waals surface area (Å²) < 4.78 is 4.86. The third-order valence-corrected chi connectivity index (χ3v) is 2.22. The predicted molar refractivity (Wildman–Crippen MR) is 62.5 cm³/mol. The fourth-order valence-corrected chi connectivity index (χ4v) is 1.33. The Morgan fingerprint density at radius 2 is 2.44 bits per heavy atom. The zero-order valence-corrected chi connectivity index (χ0v) is 9.75. The number of halogens is 1. The van der Waals surface area contributed by atoms with Crippen LogP contribution in [0.25, 0.3) is 0 Å². The van der Waals surface area contributed by atoms with E-state index in [1.54, 1.807) is 7.11 Å². The van der Waals surface area contributed by atoms with Crippen LogP contribution >= 0.6 is 11.6 Å². The number of methoxy groups -OCH3 is 1. The van der Waals surface area contributed by atoms with E-state index in [0.717, 1.165) is 6.42 Å². The number of pyridine rings is 1. The first-order chi connectivity index (χ1) is 7.65. The lowest BCUT2D eigenvalue weighted by Gasteiger charge is -2.06. The highest BCUT2D eigenvalue weighted by atomic mass is 35.5. The van der Waals surface area contributed by atoms with Gasteiger partial charge in [0.05, 0.1) is 17.4 Å². The Morgan fingerprint density at radius 1 is 1.69 bits per heavy atom. The van der Waals surface area contributed by atoms with E-state index in [1.165, 1.54) is 12.3 Å². The van der Waals surface area contributed by atoms with Crippen LogP contribution in [-0.4, -0.2) is 31.2 Å². The average molecular weight is 244 g/mol. The van der Waals surface area contributed by atoms with E-state index >= 15 is 0 Å². The highest BCUT2D eigenvalue weighted by Crippen LogP contribution is 2.15. The van der Waals surface area contributed by atoms with Gasteiger partial charge in [0.25, 0.3) is 5.91 Å². The van der Waals surface area contributed by atoms with Crippen LogP contribution in [0.1, 0.15) is 16.8 Å². The second-order valence-electron chi connectivity index (χ2n) is 3.21. The molecule has 0 aliphatic rings. The third-order valence-electron chi connectivity index (χ3n) is 1.92. The molecule has 0 aliphatic heterocycles. The van der Waals surface area contributed by atoms with E-state index in [4.69, 9.17) is 22.1 Å². The molecule has 0 saturated heterocycles. The molecule has 0 radical (unpaired) electrons. The maximum absolute atomic E-state index is 11.6. The Balaban J connectivity index is 2.55. The Bertz CT molecular complexity index is 371. The van der Waals surface area contributed by atoms with Crippen LogP contribution in [0.15, 0.2) is 12.3 Å². The van der Waals surface area contributed by atoms with Gasteiger partial charge in [0.1, 0.15) is 5.15 Å². The van der Waals surface area contributed by atoms with Gasteiger partial charge in [0, 0.05) is 20.3 Å². The molecule has 1 aromatic rings. The number of hydrogen-bond donors (Lipinski definition) is 2. The normalized spacial score (nSPS) is 10.1. The van der Waals surface area contributed by atoms with Crippen LogP contribution in [0, 0.1) is 0 Å². The molecule has 6 heteroatoms. The fourth-order valence-electron chi connectivity index (χ4n) is 1.14. The van der Waals surface area contributed by atoms with Gasteiger partial charge in [-0.3, -0.25) is 4.79 Å². The van der Waals surface area contributed by atoms with Crippen molar-refractivity contribution in [1.29, 1.82) is 0 Å². The Hall–Kier alpha value is -1.33. The number of hydrogen-bond acceptors (Lipinski definition) is 4. The summed E-state index contributed by atoms with van der Waals surface area (Å²) in [6, 6.07) is 1.50. The summed E-state index contributed by atoms with van der Waals surface area (Å²) >= 11 is 5.78. The lowest BCUT2D eigenvalue weighted by molar-refractivity contribution is 0.0948. The van der Waals surface area contributed by atoms with Crippen LogP contribution in [0.3, 0.4) is 0 Å². The van der Waals surface area contributed by atoms with Crippen LogP contribution in [0.2, 0.25) is 5.15 Å². The maximum Gasteiger partial charge on any atom is 0.254 e. The summed E-state index contributed by atoms with van der Waals surface area (Å²) in [5, 5.41) is 2.85. The second-order valence-corrected chi connectivity index (χ2v) is 3.57. The number of aromatic nitrogens is 1. The van der Waals surface area contributed by atoms with E-state index in [9.17, 15) is 4.79 Å². The molecule has 1 heterocycles. The fraction of sp³-hybridized carbons (Fsp3) is 0.400. The predicted octanol–water partition coefficient (Wildman–Crippen LogP) is 1.08. The molecule has 3 N–H and O–H groups in total. The summed E-state index contributed by atoms with van der Waals surface area (Å²) in [6.45, 7) is 1.13. The molecule has 0 aromatic carbocycles. The number of amides is 1. The summed E-state index contributed by atoms with van der Waals surface area (Å²) in [6.07, 6.45) is 2.15. The highest BCUT2D eigenvalue weighted by molar-refractivity contribution is 6.32. The summed E-state index contributed by atoms with van der Waals surface area (Å²) in [7, 11) is 1.61. The molecule has 0 saturated carbocycles. The molecule has 0 fully saturated rings. The van der Waals surface area contributed by atoms with Crippen molar-refractivity contribution in [3.8, 4) is 0 Å². The number of rotatable bonds is 5. The quantitative estimate of drug-likeness (QED) is 0.599. The first-order valence-electron chi connectivity index (χ1n) is 4.83. The van der Waals surface area contributed by atoms with Gasteiger partial charge in [0.15, 0.2) is 0 Å². The summed E-state index contributed by atoms with van der Waals surface area (Å²) in [5.74, 6) is -0.277. The Morgan fingerprint density at radius 3 is 3.12 bits per heavy atom. The zero-order chi connectivity index (χ0) is 12.0. The van der Waals surface area contributed by atoms with Gasteiger partial charge < -0.3 is 15.8 Å². The SMILES string of the molecule is COCCCNC(=O)c1cc(N)cnc1Cl. The number of carbonyl (C=O) groups is 1. The number of carbonyl (C=O) groups excluding carboxylic acids is 1. The van der Waals surface area contributed by atoms with Crippen molar-refractivity contribution in [2.45, 2.75) is 6.42 Å². The molecule has 1 rings (SSSR count). The van der Waals surface area contributed by atoms with E-state index < -0.39 is 0 Å². The van der Waals surface area contributed by atoms with E-state index in [-0.39, 0.29) is 11.1 Å². The molecule has 0 spiro atoms. The molecule has 0 aliphatic carbocycles. The maximum atomic E-state index is 11.6.